The predicted octanol–water partition coefficient (Wildman–Crippen LogP) is 1.74. The first-order chi connectivity index (χ1) is 10.2. The molecule has 1 aromatic carbocycles. The highest BCUT2D eigenvalue weighted by molar-refractivity contribution is 5.96. The van der Waals surface area contributed by atoms with Crippen LogP contribution in [0.5, 0.6) is 0 Å². The zero-order valence-corrected chi connectivity index (χ0v) is 11.6. The standard InChI is InChI=1S/C15H17FN4O/c16-12-4-1-2-5-13(12)19-14(21)15(6-9-17-10-7-15)20-11-3-8-18-20/h1-5,8,11,17H,6-7,9-10H2,(H,19,21). The molecule has 0 bridgehead atoms. The minimum absolute atomic E-state index is 0.201. The van der Waals surface area contributed by atoms with Gasteiger partial charge in [0.2, 0.25) is 0 Å². The van der Waals surface area contributed by atoms with Crippen LogP contribution >= 0.6 is 0 Å². The summed E-state index contributed by atoms with van der Waals surface area (Å²) < 4.78 is 15.4. The fourth-order valence-corrected chi connectivity index (χ4v) is 2.72. The minimum atomic E-state index is -0.767. The number of nitrogens with zero attached hydrogens (tertiary/aromatic N) is 2. The van der Waals surface area contributed by atoms with Gasteiger partial charge in [0.05, 0.1) is 5.69 Å². The second-order valence-corrected chi connectivity index (χ2v) is 5.17. The van der Waals surface area contributed by atoms with Crippen molar-refractivity contribution in [1.29, 1.82) is 0 Å². The van der Waals surface area contributed by atoms with E-state index in [1.807, 2.05) is 0 Å². The lowest BCUT2D eigenvalue weighted by atomic mass is 9.87. The lowest BCUT2D eigenvalue weighted by Crippen LogP contribution is -2.52. The number of halogens is 1. The van der Waals surface area contributed by atoms with Crippen molar-refractivity contribution in [2.75, 3.05) is 18.4 Å². The molecule has 2 N–H and O–H groups in total. The van der Waals surface area contributed by atoms with Crippen LogP contribution in [0.1, 0.15) is 12.8 Å². The average Bonchev–Trinajstić information content (AvgIpc) is 3.05. The fourth-order valence-electron chi connectivity index (χ4n) is 2.72. The summed E-state index contributed by atoms with van der Waals surface area (Å²) in [5.74, 6) is -0.659. The molecule has 2 heterocycles. The monoisotopic (exact) mass is 288 g/mol. The van der Waals surface area contributed by atoms with Gasteiger partial charge in [-0.1, -0.05) is 12.1 Å². The van der Waals surface area contributed by atoms with Gasteiger partial charge >= 0.3 is 0 Å². The number of nitrogens with one attached hydrogen (secondary N) is 2. The Kier molecular flexibility index (Phi) is 3.70. The Labute approximate surface area is 122 Å². The molecule has 1 aliphatic rings. The molecule has 1 amide bonds. The number of hydrogen-bond acceptors (Lipinski definition) is 3. The van der Waals surface area contributed by atoms with Gasteiger partial charge in [0, 0.05) is 12.4 Å². The molecule has 21 heavy (non-hydrogen) atoms. The number of piperidine rings is 1. The number of amides is 1. The van der Waals surface area contributed by atoms with Crippen LogP contribution < -0.4 is 10.6 Å². The van der Waals surface area contributed by atoms with Crippen molar-refractivity contribution in [2.45, 2.75) is 18.4 Å². The van der Waals surface area contributed by atoms with Crippen molar-refractivity contribution >= 4 is 11.6 Å². The molecule has 0 atom stereocenters. The molecule has 3 rings (SSSR count). The average molecular weight is 288 g/mol. The van der Waals surface area contributed by atoms with Crippen LogP contribution in [0.3, 0.4) is 0 Å². The lowest BCUT2D eigenvalue weighted by molar-refractivity contribution is -0.126. The van der Waals surface area contributed by atoms with E-state index in [0.717, 1.165) is 13.1 Å². The zero-order valence-electron chi connectivity index (χ0n) is 11.6. The van der Waals surface area contributed by atoms with Gasteiger partial charge in [0.25, 0.3) is 5.91 Å². The number of benzene rings is 1. The van der Waals surface area contributed by atoms with Gasteiger partial charge in [-0.3, -0.25) is 9.48 Å². The maximum Gasteiger partial charge on any atom is 0.252 e. The highest BCUT2D eigenvalue weighted by atomic mass is 19.1. The summed E-state index contributed by atoms with van der Waals surface area (Å²) >= 11 is 0. The third kappa shape index (κ3) is 2.54. The molecule has 0 aliphatic carbocycles. The first-order valence-electron chi connectivity index (χ1n) is 6.99. The predicted molar refractivity (Wildman–Crippen MR) is 77.3 cm³/mol. The minimum Gasteiger partial charge on any atom is -0.321 e. The number of hydrogen-bond donors (Lipinski definition) is 2. The van der Waals surface area contributed by atoms with E-state index in [0.29, 0.717) is 12.8 Å². The maximum absolute atomic E-state index is 13.7. The third-order valence-corrected chi connectivity index (χ3v) is 3.92. The molecule has 110 valence electrons. The molecule has 0 saturated carbocycles. The van der Waals surface area contributed by atoms with Crippen molar-refractivity contribution in [1.82, 2.24) is 15.1 Å². The van der Waals surface area contributed by atoms with E-state index in [2.05, 4.69) is 15.7 Å². The van der Waals surface area contributed by atoms with Gasteiger partial charge in [-0.15, -0.1) is 0 Å². The Bertz CT molecular complexity index is 620. The Morgan fingerprint density at radius 2 is 2.05 bits per heavy atom. The van der Waals surface area contributed by atoms with E-state index in [1.165, 1.54) is 6.07 Å². The van der Waals surface area contributed by atoms with Crippen molar-refractivity contribution in [2.24, 2.45) is 0 Å². The highest BCUT2D eigenvalue weighted by Gasteiger charge is 2.42. The molecule has 5 nitrogen and oxygen atoms in total. The number of carbonyl (C=O) groups is 1. The van der Waals surface area contributed by atoms with E-state index in [9.17, 15) is 9.18 Å². The summed E-state index contributed by atoms with van der Waals surface area (Å²) in [6.07, 6.45) is 4.68. The Morgan fingerprint density at radius 1 is 1.29 bits per heavy atom. The Hall–Kier alpha value is -2.21. The van der Waals surface area contributed by atoms with Crippen LogP contribution in [0.15, 0.2) is 42.7 Å². The number of anilines is 1. The molecular formula is C15H17FN4O. The van der Waals surface area contributed by atoms with Crippen molar-refractivity contribution < 1.29 is 9.18 Å². The first kappa shape index (κ1) is 13.8. The number of para-hydroxylation sites is 1. The second-order valence-electron chi connectivity index (χ2n) is 5.17. The van der Waals surface area contributed by atoms with Gasteiger partial charge in [-0.2, -0.15) is 5.10 Å². The first-order valence-corrected chi connectivity index (χ1v) is 6.99. The fraction of sp³-hybridized carbons (Fsp3) is 0.333. The van der Waals surface area contributed by atoms with Crippen molar-refractivity contribution in [3.05, 3.63) is 48.5 Å². The van der Waals surface area contributed by atoms with E-state index in [1.54, 1.807) is 41.3 Å². The van der Waals surface area contributed by atoms with E-state index < -0.39 is 11.4 Å². The van der Waals surface area contributed by atoms with Gasteiger partial charge < -0.3 is 10.6 Å². The van der Waals surface area contributed by atoms with Crippen LogP contribution in [0.2, 0.25) is 0 Å². The van der Waals surface area contributed by atoms with Gasteiger partial charge in [-0.25, -0.2) is 4.39 Å². The van der Waals surface area contributed by atoms with Crippen molar-refractivity contribution in [3.63, 3.8) is 0 Å². The van der Waals surface area contributed by atoms with E-state index in [4.69, 9.17) is 0 Å². The molecule has 0 spiro atoms. The lowest BCUT2D eigenvalue weighted by Gasteiger charge is -2.36. The van der Waals surface area contributed by atoms with E-state index in [-0.39, 0.29) is 11.6 Å². The van der Waals surface area contributed by atoms with Crippen molar-refractivity contribution in [3.8, 4) is 0 Å². The molecule has 6 heteroatoms. The number of rotatable bonds is 3. The van der Waals surface area contributed by atoms with Crippen LogP contribution in [0, 0.1) is 5.82 Å². The zero-order chi connectivity index (χ0) is 14.7. The summed E-state index contributed by atoms with van der Waals surface area (Å²) in [5, 5.41) is 10.2. The van der Waals surface area contributed by atoms with Crippen LogP contribution in [-0.2, 0) is 10.3 Å². The van der Waals surface area contributed by atoms with Crippen LogP contribution in [0.4, 0.5) is 10.1 Å². The van der Waals surface area contributed by atoms with Gasteiger partial charge in [0.15, 0.2) is 0 Å². The molecular weight excluding hydrogens is 271 g/mol. The SMILES string of the molecule is O=C(Nc1ccccc1F)C1(n2cccn2)CCNCC1. The highest BCUT2D eigenvalue weighted by Crippen LogP contribution is 2.29. The smallest absolute Gasteiger partial charge is 0.252 e. The quantitative estimate of drug-likeness (QED) is 0.904. The molecule has 1 fully saturated rings. The summed E-state index contributed by atoms with van der Waals surface area (Å²) in [6, 6.07) is 7.98. The maximum atomic E-state index is 13.7. The third-order valence-electron chi connectivity index (χ3n) is 3.92. The molecule has 2 aromatic rings. The summed E-state index contributed by atoms with van der Waals surface area (Å²) in [7, 11) is 0. The van der Waals surface area contributed by atoms with Crippen LogP contribution in [-0.4, -0.2) is 28.8 Å². The summed E-state index contributed by atoms with van der Waals surface area (Å²) in [4.78, 5) is 12.8. The largest absolute Gasteiger partial charge is 0.321 e. The molecule has 1 saturated heterocycles. The van der Waals surface area contributed by atoms with E-state index >= 15 is 0 Å². The summed E-state index contributed by atoms with van der Waals surface area (Å²) in [5.41, 5.74) is -0.565. The normalized spacial score (nSPS) is 17.4. The summed E-state index contributed by atoms with van der Waals surface area (Å²) in [6.45, 7) is 1.45. The molecule has 0 unspecified atom stereocenters. The van der Waals surface area contributed by atoms with Gasteiger partial charge in [-0.05, 0) is 44.1 Å². The topological polar surface area (TPSA) is 59.0 Å². The molecule has 0 radical (unpaired) electrons. The number of carbonyl (C=O) groups excluding carboxylic acids is 1. The Balaban J connectivity index is 1.90. The second kappa shape index (κ2) is 5.65. The van der Waals surface area contributed by atoms with Gasteiger partial charge in [0.1, 0.15) is 11.4 Å². The molecule has 1 aliphatic heterocycles. The number of aromatic nitrogens is 2. The molecule has 1 aromatic heterocycles. The Morgan fingerprint density at radius 3 is 2.71 bits per heavy atom. The van der Waals surface area contributed by atoms with Crippen LogP contribution in [0.25, 0.3) is 0 Å².